The summed E-state index contributed by atoms with van der Waals surface area (Å²) < 4.78 is 0. The molecule has 29 heavy (non-hydrogen) atoms. The minimum atomic E-state index is 0.197. The Bertz CT molecular complexity index is 1130. The molecule has 1 heterocycles. The first-order valence-corrected chi connectivity index (χ1v) is 8.99. The van der Waals surface area contributed by atoms with Crippen molar-refractivity contribution in [3.63, 3.8) is 0 Å². The molecule has 4 rings (SSSR count). The van der Waals surface area contributed by atoms with Crippen LogP contribution in [-0.4, -0.2) is 26.4 Å². The summed E-state index contributed by atoms with van der Waals surface area (Å²) in [6.07, 6.45) is 1.62. The highest BCUT2D eigenvalue weighted by Crippen LogP contribution is 2.26. The SMILES string of the molecule is Oc1ccc(C=NNc2nc(-c3ccccc3)cc(-c3ccc(O)cc3)n2)cc1. The molecule has 0 atom stereocenters. The highest BCUT2D eigenvalue weighted by Gasteiger charge is 2.08. The zero-order valence-electron chi connectivity index (χ0n) is 15.4. The third-order valence-electron chi connectivity index (χ3n) is 4.23. The van der Waals surface area contributed by atoms with Crippen molar-refractivity contribution in [2.24, 2.45) is 5.10 Å². The smallest absolute Gasteiger partial charge is 0.244 e. The van der Waals surface area contributed by atoms with Crippen molar-refractivity contribution in [2.45, 2.75) is 0 Å². The van der Waals surface area contributed by atoms with Crippen molar-refractivity contribution in [3.8, 4) is 34.0 Å². The molecule has 0 fully saturated rings. The summed E-state index contributed by atoms with van der Waals surface area (Å²) >= 11 is 0. The first-order valence-electron chi connectivity index (χ1n) is 8.99. The van der Waals surface area contributed by atoms with Gasteiger partial charge in [0, 0.05) is 11.1 Å². The van der Waals surface area contributed by atoms with Crippen molar-refractivity contribution in [2.75, 3.05) is 5.43 Å². The molecule has 0 aliphatic carbocycles. The van der Waals surface area contributed by atoms with E-state index in [0.717, 1.165) is 22.4 Å². The number of aromatic hydroxyl groups is 2. The van der Waals surface area contributed by atoms with Gasteiger partial charge >= 0.3 is 0 Å². The molecule has 0 amide bonds. The van der Waals surface area contributed by atoms with Gasteiger partial charge in [-0.3, -0.25) is 0 Å². The van der Waals surface area contributed by atoms with Gasteiger partial charge in [0.2, 0.25) is 5.95 Å². The number of benzene rings is 3. The Balaban J connectivity index is 1.67. The summed E-state index contributed by atoms with van der Waals surface area (Å²) in [7, 11) is 0. The van der Waals surface area contributed by atoms with Gasteiger partial charge in [-0.05, 0) is 60.2 Å². The van der Waals surface area contributed by atoms with E-state index in [1.54, 1.807) is 54.7 Å². The topological polar surface area (TPSA) is 90.6 Å². The summed E-state index contributed by atoms with van der Waals surface area (Å²) in [5.74, 6) is 0.750. The number of hydrogen-bond donors (Lipinski definition) is 3. The maximum Gasteiger partial charge on any atom is 0.244 e. The number of rotatable bonds is 5. The monoisotopic (exact) mass is 382 g/mol. The Labute approximate surface area is 167 Å². The predicted octanol–water partition coefficient (Wildman–Crippen LogP) is 4.67. The molecule has 0 spiro atoms. The lowest BCUT2D eigenvalue weighted by molar-refractivity contribution is 0.475. The van der Waals surface area contributed by atoms with Gasteiger partial charge in [0.15, 0.2) is 0 Å². The average Bonchev–Trinajstić information content (AvgIpc) is 2.76. The van der Waals surface area contributed by atoms with Crippen LogP contribution in [0.3, 0.4) is 0 Å². The Morgan fingerprint density at radius 2 is 1.24 bits per heavy atom. The molecule has 0 aliphatic heterocycles. The van der Waals surface area contributed by atoms with Crippen LogP contribution in [0.15, 0.2) is 90.0 Å². The number of phenols is 2. The number of aromatic nitrogens is 2. The molecule has 3 N–H and O–H groups in total. The fraction of sp³-hybridized carbons (Fsp3) is 0. The molecule has 6 heteroatoms. The number of hydrogen-bond acceptors (Lipinski definition) is 6. The van der Waals surface area contributed by atoms with Gasteiger partial charge in [0.25, 0.3) is 0 Å². The summed E-state index contributed by atoms with van der Waals surface area (Å²) in [5.41, 5.74) is 6.98. The highest BCUT2D eigenvalue weighted by atomic mass is 16.3. The van der Waals surface area contributed by atoms with Gasteiger partial charge in [-0.25, -0.2) is 15.4 Å². The standard InChI is InChI=1S/C23H18N4O2/c28-19-10-6-16(7-11-19)15-24-27-23-25-21(17-4-2-1-3-5-17)14-22(26-23)18-8-12-20(29)13-9-18/h1-15,28-29H,(H,25,26,27). The van der Waals surface area contributed by atoms with E-state index in [1.807, 2.05) is 36.4 Å². The van der Waals surface area contributed by atoms with E-state index in [0.29, 0.717) is 11.6 Å². The van der Waals surface area contributed by atoms with Crippen molar-refractivity contribution in [1.82, 2.24) is 9.97 Å². The Morgan fingerprint density at radius 1 is 0.690 bits per heavy atom. The van der Waals surface area contributed by atoms with Crippen molar-refractivity contribution >= 4 is 12.2 Å². The van der Waals surface area contributed by atoms with Crippen LogP contribution in [0.4, 0.5) is 5.95 Å². The summed E-state index contributed by atoms with van der Waals surface area (Å²) in [4.78, 5) is 9.11. The van der Waals surface area contributed by atoms with E-state index >= 15 is 0 Å². The van der Waals surface area contributed by atoms with Crippen LogP contribution in [0.25, 0.3) is 22.5 Å². The fourth-order valence-corrected chi connectivity index (χ4v) is 2.76. The first-order chi connectivity index (χ1) is 14.2. The third-order valence-corrected chi connectivity index (χ3v) is 4.23. The van der Waals surface area contributed by atoms with E-state index in [-0.39, 0.29) is 11.5 Å². The molecule has 0 radical (unpaired) electrons. The van der Waals surface area contributed by atoms with Crippen molar-refractivity contribution in [3.05, 3.63) is 90.5 Å². The Morgan fingerprint density at radius 3 is 1.86 bits per heavy atom. The molecule has 0 saturated carbocycles. The maximum absolute atomic E-state index is 9.55. The zero-order chi connectivity index (χ0) is 20.1. The quantitative estimate of drug-likeness (QED) is 0.345. The molecule has 1 aromatic heterocycles. The van der Waals surface area contributed by atoms with E-state index in [4.69, 9.17) is 0 Å². The van der Waals surface area contributed by atoms with Crippen LogP contribution in [-0.2, 0) is 0 Å². The predicted molar refractivity (Wildman–Crippen MR) is 114 cm³/mol. The number of nitrogens with one attached hydrogen (secondary N) is 1. The van der Waals surface area contributed by atoms with Gasteiger partial charge in [-0.15, -0.1) is 0 Å². The molecule has 3 aromatic carbocycles. The largest absolute Gasteiger partial charge is 0.508 e. The third kappa shape index (κ3) is 4.56. The van der Waals surface area contributed by atoms with Gasteiger partial charge in [0.05, 0.1) is 17.6 Å². The minimum Gasteiger partial charge on any atom is -0.508 e. The van der Waals surface area contributed by atoms with Gasteiger partial charge in [-0.1, -0.05) is 30.3 Å². The van der Waals surface area contributed by atoms with Crippen molar-refractivity contribution < 1.29 is 10.2 Å². The Hall–Kier alpha value is -4.19. The van der Waals surface area contributed by atoms with Crippen LogP contribution < -0.4 is 5.43 Å². The number of phenolic OH excluding ortho intramolecular Hbond substituents is 2. The zero-order valence-corrected chi connectivity index (χ0v) is 15.4. The van der Waals surface area contributed by atoms with Crippen LogP contribution in [0.5, 0.6) is 11.5 Å². The molecule has 0 bridgehead atoms. The maximum atomic E-state index is 9.55. The second kappa shape index (κ2) is 8.22. The molecule has 142 valence electrons. The van der Waals surface area contributed by atoms with Gasteiger partial charge in [-0.2, -0.15) is 5.10 Å². The van der Waals surface area contributed by atoms with Gasteiger partial charge in [0.1, 0.15) is 11.5 Å². The van der Waals surface area contributed by atoms with Crippen LogP contribution >= 0.6 is 0 Å². The van der Waals surface area contributed by atoms with E-state index in [9.17, 15) is 10.2 Å². The lowest BCUT2D eigenvalue weighted by atomic mass is 10.1. The lowest BCUT2D eigenvalue weighted by Gasteiger charge is -2.08. The van der Waals surface area contributed by atoms with Crippen LogP contribution in [0.1, 0.15) is 5.56 Å². The lowest BCUT2D eigenvalue weighted by Crippen LogP contribution is -2.00. The highest BCUT2D eigenvalue weighted by molar-refractivity contribution is 5.80. The second-order valence-corrected chi connectivity index (χ2v) is 6.34. The molecule has 0 unspecified atom stereocenters. The van der Waals surface area contributed by atoms with Gasteiger partial charge < -0.3 is 10.2 Å². The normalized spacial score (nSPS) is 10.9. The molecule has 6 nitrogen and oxygen atoms in total. The molecule has 0 saturated heterocycles. The van der Waals surface area contributed by atoms with E-state index in [1.165, 1.54) is 0 Å². The summed E-state index contributed by atoms with van der Waals surface area (Å²) in [6.45, 7) is 0. The van der Waals surface area contributed by atoms with Crippen molar-refractivity contribution in [1.29, 1.82) is 0 Å². The Kier molecular flexibility index (Phi) is 5.16. The summed E-state index contributed by atoms with van der Waals surface area (Å²) in [5, 5.41) is 23.1. The van der Waals surface area contributed by atoms with E-state index < -0.39 is 0 Å². The number of hydrazone groups is 1. The van der Waals surface area contributed by atoms with Crippen LogP contribution in [0, 0.1) is 0 Å². The average molecular weight is 382 g/mol. The fourth-order valence-electron chi connectivity index (χ4n) is 2.76. The molecular formula is C23H18N4O2. The molecule has 0 aliphatic rings. The minimum absolute atomic E-state index is 0.197. The second-order valence-electron chi connectivity index (χ2n) is 6.34. The number of anilines is 1. The van der Waals surface area contributed by atoms with E-state index in [2.05, 4.69) is 20.5 Å². The molecule has 4 aromatic rings. The first kappa shape index (κ1) is 18.2. The number of nitrogens with zero attached hydrogens (tertiary/aromatic N) is 3. The summed E-state index contributed by atoms with van der Waals surface area (Å²) in [6, 6.07) is 25.3. The van der Waals surface area contributed by atoms with Crippen LogP contribution in [0.2, 0.25) is 0 Å². The molecular weight excluding hydrogens is 364 g/mol.